The van der Waals surface area contributed by atoms with Gasteiger partial charge in [0.05, 0.1) is 6.61 Å². The molecule has 4 heteroatoms. The molecule has 0 fully saturated rings. The zero-order valence-electron chi connectivity index (χ0n) is 10.8. The van der Waals surface area contributed by atoms with Crippen molar-refractivity contribution < 1.29 is 14.6 Å². The predicted octanol–water partition coefficient (Wildman–Crippen LogP) is 1.61. The zero-order chi connectivity index (χ0) is 13.2. The summed E-state index contributed by atoms with van der Waals surface area (Å²) in [6, 6.07) is 7.55. The number of benzene rings is 1. The number of aliphatic hydroxyl groups is 1. The number of ether oxygens (including phenoxy) is 1. The van der Waals surface area contributed by atoms with Crippen molar-refractivity contribution >= 4 is 5.91 Å². The lowest BCUT2D eigenvalue weighted by atomic mass is 10.1. The number of hydrogen-bond acceptors (Lipinski definition) is 3. The van der Waals surface area contributed by atoms with Crippen LogP contribution in [0.5, 0.6) is 0 Å². The minimum absolute atomic E-state index is 0.0240. The number of hydrogen-bond donors (Lipinski definition) is 2. The summed E-state index contributed by atoms with van der Waals surface area (Å²) < 4.78 is 5.17. The van der Waals surface area contributed by atoms with Crippen molar-refractivity contribution in [3.05, 3.63) is 35.4 Å². The van der Waals surface area contributed by atoms with Gasteiger partial charge in [-0.15, -0.1) is 0 Å². The molecule has 0 unspecified atom stereocenters. The fourth-order valence-corrected chi connectivity index (χ4v) is 1.61. The van der Waals surface area contributed by atoms with E-state index in [9.17, 15) is 4.79 Å². The van der Waals surface area contributed by atoms with Crippen LogP contribution in [0.2, 0.25) is 0 Å². The Morgan fingerprint density at radius 2 is 2.17 bits per heavy atom. The number of rotatable bonds is 8. The first kappa shape index (κ1) is 14.7. The second kappa shape index (κ2) is 8.66. The molecular weight excluding hydrogens is 230 g/mol. The molecule has 1 aromatic rings. The van der Waals surface area contributed by atoms with Crippen molar-refractivity contribution in [1.82, 2.24) is 5.32 Å². The fourth-order valence-electron chi connectivity index (χ4n) is 1.61. The molecule has 0 spiro atoms. The number of carbonyl (C=O) groups excluding carboxylic acids is 1. The second-order valence-electron chi connectivity index (χ2n) is 4.06. The van der Waals surface area contributed by atoms with Gasteiger partial charge in [0.15, 0.2) is 0 Å². The molecule has 0 heterocycles. The Hall–Kier alpha value is -1.39. The van der Waals surface area contributed by atoms with E-state index in [1.54, 1.807) is 0 Å². The van der Waals surface area contributed by atoms with Gasteiger partial charge in [0.25, 0.3) is 0 Å². The molecule has 0 atom stereocenters. The maximum absolute atomic E-state index is 11.5. The highest BCUT2D eigenvalue weighted by Crippen LogP contribution is 2.05. The van der Waals surface area contributed by atoms with Crippen LogP contribution in [0.4, 0.5) is 0 Å². The summed E-state index contributed by atoms with van der Waals surface area (Å²) >= 11 is 0. The molecular formula is C14H21NO3. The van der Waals surface area contributed by atoms with Crippen LogP contribution < -0.4 is 5.32 Å². The average molecular weight is 251 g/mol. The Morgan fingerprint density at radius 1 is 1.39 bits per heavy atom. The van der Waals surface area contributed by atoms with E-state index in [0.29, 0.717) is 26.2 Å². The summed E-state index contributed by atoms with van der Waals surface area (Å²) in [5, 5.41) is 11.9. The van der Waals surface area contributed by atoms with Gasteiger partial charge in [0.1, 0.15) is 0 Å². The second-order valence-corrected chi connectivity index (χ2v) is 4.06. The molecule has 0 aliphatic carbocycles. The van der Waals surface area contributed by atoms with Crippen molar-refractivity contribution in [2.75, 3.05) is 13.2 Å². The molecule has 0 aliphatic rings. The van der Waals surface area contributed by atoms with Gasteiger partial charge in [0, 0.05) is 26.2 Å². The molecule has 4 nitrogen and oxygen atoms in total. The SMILES string of the molecule is CCOCCCC(=O)NCc1cccc(CO)c1. The molecule has 1 rings (SSSR count). The topological polar surface area (TPSA) is 58.6 Å². The molecule has 18 heavy (non-hydrogen) atoms. The quantitative estimate of drug-likeness (QED) is 0.690. The lowest BCUT2D eigenvalue weighted by Crippen LogP contribution is -2.22. The van der Waals surface area contributed by atoms with Gasteiger partial charge in [-0.25, -0.2) is 0 Å². The van der Waals surface area contributed by atoms with Crippen LogP contribution in [0.25, 0.3) is 0 Å². The van der Waals surface area contributed by atoms with Crippen LogP contribution in [-0.2, 0) is 22.7 Å². The van der Waals surface area contributed by atoms with E-state index < -0.39 is 0 Å². The minimum atomic E-state index is 0.0240. The highest BCUT2D eigenvalue weighted by atomic mass is 16.5. The molecule has 2 N–H and O–H groups in total. The van der Waals surface area contributed by atoms with Gasteiger partial charge in [-0.1, -0.05) is 24.3 Å². The minimum Gasteiger partial charge on any atom is -0.392 e. The largest absolute Gasteiger partial charge is 0.392 e. The molecule has 1 amide bonds. The van der Waals surface area contributed by atoms with E-state index >= 15 is 0 Å². The third kappa shape index (κ3) is 5.80. The molecule has 0 aromatic heterocycles. The first-order valence-corrected chi connectivity index (χ1v) is 6.29. The van der Waals surface area contributed by atoms with E-state index in [1.807, 2.05) is 31.2 Å². The third-order valence-corrected chi connectivity index (χ3v) is 2.56. The van der Waals surface area contributed by atoms with Crippen molar-refractivity contribution in [2.24, 2.45) is 0 Å². The van der Waals surface area contributed by atoms with Crippen LogP contribution in [0.1, 0.15) is 30.9 Å². The maximum Gasteiger partial charge on any atom is 0.220 e. The third-order valence-electron chi connectivity index (χ3n) is 2.56. The van der Waals surface area contributed by atoms with Crippen LogP contribution in [0.15, 0.2) is 24.3 Å². The van der Waals surface area contributed by atoms with Crippen LogP contribution >= 0.6 is 0 Å². The van der Waals surface area contributed by atoms with E-state index in [0.717, 1.165) is 17.5 Å². The summed E-state index contributed by atoms with van der Waals surface area (Å²) in [6.07, 6.45) is 1.23. The summed E-state index contributed by atoms with van der Waals surface area (Å²) in [5.41, 5.74) is 1.86. The number of aliphatic hydroxyl groups excluding tert-OH is 1. The highest BCUT2D eigenvalue weighted by Gasteiger charge is 2.01. The van der Waals surface area contributed by atoms with Gasteiger partial charge in [-0.2, -0.15) is 0 Å². The Balaban J connectivity index is 2.24. The Bertz CT molecular complexity index is 366. The van der Waals surface area contributed by atoms with E-state index in [4.69, 9.17) is 9.84 Å². The van der Waals surface area contributed by atoms with Crippen LogP contribution in [0, 0.1) is 0 Å². The van der Waals surface area contributed by atoms with Gasteiger partial charge in [-0.05, 0) is 24.5 Å². The van der Waals surface area contributed by atoms with Crippen LogP contribution in [-0.4, -0.2) is 24.2 Å². The van der Waals surface area contributed by atoms with Gasteiger partial charge in [-0.3, -0.25) is 4.79 Å². The van der Waals surface area contributed by atoms with Crippen LogP contribution in [0.3, 0.4) is 0 Å². The lowest BCUT2D eigenvalue weighted by molar-refractivity contribution is -0.121. The first-order chi connectivity index (χ1) is 8.76. The first-order valence-electron chi connectivity index (χ1n) is 6.29. The van der Waals surface area contributed by atoms with Gasteiger partial charge >= 0.3 is 0 Å². The zero-order valence-corrected chi connectivity index (χ0v) is 10.8. The lowest BCUT2D eigenvalue weighted by Gasteiger charge is -2.06. The molecule has 0 aliphatic heterocycles. The van der Waals surface area contributed by atoms with E-state index in [-0.39, 0.29) is 12.5 Å². The monoisotopic (exact) mass is 251 g/mol. The normalized spacial score (nSPS) is 10.3. The van der Waals surface area contributed by atoms with Gasteiger partial charge in [0.2, 0.25) is 5.91 Å². The smallest absolute Gasteiger partial charge is 0.220 e. The average Bonchev–Trinajstić information content (AvgIpc) is 2.41. The van der Waals surface area contributed by atoms with E-state index in [1.165, 1.54) is 0 Å². The Labute approximate surface area is 108 Å². The van der Waals surface area contributed by atoms with Gasteiger partial charge < -0.3 is 15.2 Å². The molecule has 100 valence electrons. The summed E-state index contributed by atoms with van der Waals surface area (Å²) in [7, 11) is 0. The molecule has 0 saturated carbocycles. The predicted molar refractivity (Wildman–Crippen MR) is 69.9 cm³/mol. The number of nitrogens with one attached hydrogen (secondary N) is 1. The van der Waals surface area contributed by atoms with Crippen molar-refractivity contribution in [2.45, 2.75) is 32.9 Å². The fraction of sp³-hybridized carbons (Fsp3) is 0.500. The molecule has 1 aromatic carbocycles. The number of carbonyl (C=O) groups is 1. The maximum atomic E-state index is 11.5. The van der Waals surface area contributed by atoms with E-state index in [2.05, 4.69) is 5.32 Å². The Kier molecular flexibility index (Phi) is 7.06. The summed E-state index contributed by atoms with van der Waals surface area (Å²) in [6.45, 7) is 3.78. The summed E-state index contributed by atoms with van der Waals surface area (Å²) in [5.74, 6) is 0.0316. The van der Waals surface area contributed by atoms with Crippen molar-refractivity contribution in [3.63, 3.8) is 0 Å². The molecule has 0 bridgehead atoms. The molecule has 0 radical (unpaired) electrons. The number of amides is 1. The summed E-state index contributed by atoms with van der Waals surface area (Å²) in [4.78, 5) is 11.5. The highest BCUT2D eigenvalue weighted by molar-refractivity contribution is 5.75. The van der Waals surface area contributed by atoms with Crippen molar-refractivity contribution in [1.29, 1.82) is 0 Å². The van der Waals surface area contributed by atoms with Crippen molar-refractivity contribution in [3.8, 4) is 0 Å². The molecule has 0 saturated heterocycles. The Morgan fingerprint density at radius 3 is 2.89 bits per heavy atom. The standard InChI is InChI=1S/C14H21NO3/c1-2-18-8-4-7-14(17)15-10-12-5-3-6-13(9-12)11-16/h3,5-6,9,16H,2,4,7-8,10-11H2,1H3,(H,15,17).